The lowest BCUT2D eigenvalue weighted by atomic mass is 9.93. The number of hydrogen-bond acceptors (Lipinski definition) is 5. The van der Waals surface area contributed by atoms with Gasteiger partial charge in [0, 0.05) is 10.9 Å². The van der Waals surface area contributed by atoms with Gasteiger partial charge in [-0.05, 0) is 35.7 Å². The van der Waals surface area contributed by atoms with Crippen molar-refractivity contribution in [1.82, 2.24) is 0 Å². The van der Waals surface area contributed by atoms with E-state index in [9.17, 15) is 32.5 Å². The van der Waals surface area contributed by atoms with E-state index in [0.717, 1.165) is 6.07 Å². The predicted molar refractivity (Wildman–Crippen MR) is 98.3 cm³/mol. The molecule has 4 rings (SSSR count). The number of amides is 2. The molecule has 1 heterocycles. The minimum absolute atomic E-state index is 0.120. The standard InChI is InChI=1S/C19H11NO7S/c21-17-13-6-3-4-10-8-11(28(25,26)27)9-14(16(10)13)18(22)20(17)15-7-2-1-5-12(15)19(23)24/h1-9H,(H,23,24)(H,25,26,27). The van der Waals surface area contributed by atoms with Crippen molar-refractivity contribution in [2.75, 3.05) is 4.90 Å². The Bertz CT molecular complexity index is 1310. The molecule has 2 N–H and O–H groups in total. The van der Waals surface area contributed by atoms with Crippen LogP contribution in [0, 0.1) is 0 Å². The first-order valence-corrected chi connectivity index (χ1v) is 9.39. The molecular formula is C19H11NO7S. The molecule has 3 aromatic carbocycles. The Balaban J connectivity index is 2.05. The number of rotatable bonds is 3. The summed E-state index contributed by atoms with van der Waals surface area (Å²) < 4.78 is 32.6. The highest BCUT2D eigenvalue weighted by atomic mass is 32.2. The molecule has 0 saturated carbocycles. The van der Waals surface area contributed by atoms with Crippen molar-refractivity contribution in [2.45, 2.75) is 4.90 Å². The van der Waals surface area contributed by atoms with Gasteiger partial charge in [-0.3, -0.25) is 14.1 Å². The number of carboxylic acids is 1. The highest BCUT2D eigenvalue weighted by Gasteiger charge is 2.36. The molecule has 8 nitrogen and oxygen atoms in total. The molecular weight excluding hydrogens is 386 g/mol. The topological polar surface area (TPSA) is 129 Å². The maximum atomic E-state index is 13.1. The summed E-state index contributed by atoms with van der Waals surface area (Å²) in [5.41, 5.74) is -0.398. The number of benzene rings is 3. The molecule has 0 unspecified atom stereocenters. The fourth-order valence-electron chi connectivity index (χ4n) is 3.30. The minimum atomic E-state index is -4.61. The van der Waals surface area contributed by atoms with Crippen molar-refractivity contribution in [2.24, 2.45) is 0 Å². The lowest BCUT2D eigenvalue weighted by molar-refractivity contribution is 0.0698. The molecule has 9 heteroatoms. The molecule has 0 atom stereocenters. The van der Waals surface area contributed by atoms with E-state index < -0.39 is 32.8 Å². The lowest BCUT2D eigenvalue weighted by Gasteiger charge is -2.28. The van der Waals surface area contributed by atoms with Crippen LogP contribution in [0.5, 0.6) is 0 Å². The van der Waals surface area contributed by atoms with E-state index >= 15 is 0 Å². The SMILES string of the molecule is O=C(O)c1ccccc1N1C(=O)c2cccc3cc(S(=O)(=O)O)cc(c23)C1=O. The fraction of sp³-hybridized carbons (Fsp3) is 0. The third kappa shape index (κ3) is 2.56. The van der Waals surface area contributed by atoms with Gasteiger partial charge in [0.25, 0.3) is 21.9 Å². The van der Waals surface area contributed by atoms with Crippen molar-refractivity contribution in [3.05, 3.63) is 71.3 Å². The molecule has 0 saturated heterocycles. The molecule has 0 aromatic heterocycles. The van der Waals surface area contributed by atoms with Crippen LogP contribution in [0.25, 0.3) is 10.8 Å². The van der Waals surface area contributed by atoms with Crippen molar-refractivity contribution >= 4 is 44.4 Å². The summed E-state index contributed by atoms with van der Waals surface area (Å²) in [4.78, 5) is 37.9. The maximum absolute atomic E-state index is 13.1. The van der Waals surface area contributed by atoms with Gasteiger partial charge in [0.15, 0.2) is 0 Å². The van der Waals surface area contributed by atoms with Crippen LogP contribution in [-0.4, -0.2) is 35.9 Å². The van der Waals surface area contributed by atoms with E-state index in [0.29, 0.717) is 4.90 Å². The average molecular weight is 397 g/mol. The normalized spacial score (nSPS) is 13.8. The van der Waals surface area contributed by atoms with E-state index in [1.807, 2.05) is 0 Å². The first kappa shape index (κ1) is 17.8. The molecule has 1 aliphatic rings. The van der Waals surface area contributed by atoms with Crippen LogP contribution in [0.15, 0.2) is 59.5 Å². The van der Waals surface area contributed by atoms with Crippen molar-refractivity contribution in [1.29, 1.82) is 0 Å². The van der Waals surface area contributed by atoms with Crippen LogP contribution in [0.4, 0.5) is 5.69 Å². The Morgan fingerprint density at radius 2 is 1.57 bits per heavy atom. The average Bonchev–Trinajstić information content (AvgIpc) is 2.65. The van der Waals surface area contributed by atoms with Gasteiger partial charge in [-0.2, -0.15) is 8.42 Å². The molecule has 28 heavy (non-hydrogen) atoms. The van der Waals surface area contributed by atoms with Gasteiger partial charge in [-0.15, -0.1) is 0 Å². The molecule has 0 aliphatic carbocycles. The zero-order valence-electron chi connectivity index (χ0n) is 14.0. The minimum Gasteiger partial charge on any atom is -0.478 e. The number of imide groups is 1. The Hall–Kier alpha value is -3.56. The molecule has 0 spiro atoms. The van der Waals surface area contributed by atoms with Gasteiger partial charge in [0.1, 0.15) is 0 Å². The molecule has 0 fully saturated rings. The van der Waals surface area contributed by atoms with Crippen LogP contribution < -0.4 is 4.90 Å². The molecule has 3 aromatic rings. The lowest BCUT2D eigenvalue weighted by Crippen LogP contribution is -2.41. The zero-order chi connectivity index (χ0) is 20.2. The van der Waals surface area contributed by atoms with Gasteiger partial charge in [-0.1, -0.05) is 24.3 Å². The van der Waals surface area contributed by atoms with Crippen molar-refractivity contribution in [3.63, 3.8) is 0 Å². The molecule has 0 radical (unpaired) electrons. The molecule has 140 valence electrons. The fourth-order valence-corrected chi connectivity index (χ4v) is 3.84. The van der Waals surface area contributed by atoms with E-state index in [1.54, 1.807) is 0 Å². The van der Waals surface area contributed by atoms with Crippen LogP contribution in [0.3, 0.4) is 0 Å². The Morgan fingerprint density at radius 3 is 2.25 bits per heavy atom. The Kier molecular flexibility index (Phi) is 3.81. The second kappa shape index (κ2) is 5.98. The summed E-state index contributed by atoms with van der Waals surface area (Å²) in [6, 6.07) is 12.1. The van der Waals surface area contributed by atoms with Crippen LogP contribution >= 0.6 is 0 Å². The number of nitrogens with zero attached hydrogens (tertiary/aromatic N) is 1. The number of hydrogen-bond donors (Lipinski definition) is 2. The van der Waals surface area contributed by atoms with E-state index in [4.69, 9.17) is 0 Å². The van der Waals surface area contributed by atoms with Crippen LogP contribution in [0.1, 0.15) is 31.1 Å². The zero-order valence-corrected chi connectivity index (χ0v) is 14.8. The van der Waals surface area contributed by atoms with E-state index in [1.165, 1.54) is 48.5 Å². The smallest absolute Gasteiger partial charge is 0.337 e. The summed E-state index contributed by atoms with van der Waals surface area (Å²) in [5.74, 6) is -2.93. The summed E-state index contributed by atoms with van der Waals surface area (Å²) in [6.45, 7) is 0. The van der Waals surface area contributed by atoms with Gasteiger partial charge < -0.3 is 5.11 Å². The summed E-state index contributed by atoms with van der Waals surface area (Å²) >= 11 is 0. The number of para-hydroxylation sites is 1. The second-order valence-electron chi connectivity index (χ2n) is 6.12. The molecule has 0 bridgehead atoms. The van der Waals surface area contributed by atoms with Gasteiger partial charge in [0.2, 0.25) is 0 Å². The summed E-state index contributed by atoms with van der Waals surface area (Å²) in [5, 5.41) is 9.94. The summed E-state index contributed by atoms with van der Waals surface area (Å²) in [6.07, 6.45) is 0. The van der Waals surface area contributed by atoms with E-state index in [2.05, 4.69) is 0 Å². The number of carboxylic acid groups (broad SMARTS) is 1. The highest BCUT2D eigenvalue weighted by Crippen LogP contribution is 2.35. The maximum Gasteiger partial charge on any atom is 0.337 e. The van der Waals surface area contributed by atoms with Crippen LogP contribution in [0.2, 0.25) is 0 Å². The third-order valence-corrected chi connectivity index (χ3v) is 5.32. The number of carbonyl (C=O) groups is 3. The number of carbonyl (C=O) groups excluding carboxylic acids is 2. The van der Waals surface area contributed by atoms with Gasteiger partial charge in [-0.25, -0.2) is 9.69 Å². The number of aromatic carboxylic acids is 1. The Morgan fingerprint density at radius 1 is 0.893 bits per heavy atom. The third-order valence-electron chi connectivity index (χ3n) is 4.49. The quantitative estimate of drug-likeness (QED) is 0.513. The Labute approximate surface area is 158 Å². The molecule has 2 amide bonds. The highest BCUT2D eigenvalue weighted by molar-refractivity contribution is 7.85. The second-order valence-corrected chi connectivity index (χ2v) is 7.54. The van der Waals surface area contributed by atoms with Crippen molar-refractivity contribution < 1.29 is 32.5 Å². The van der Waals surface area contributed by atoms with Gasteiger partial charge in [0.05, 0.1) is 21.7 Å². The first-order chi connectivity index (χ1) is 13.2. The number of anilines is 1. The first-order valence-electron chi connectivity index (χ1n) is 7.95. The monoisotopic (exact) mass is 397 g/mol. The molecule has 1 aliphatic heterocycles. The van der Waals surface area contributed by atoms with Gasteiger partial charge >= 0.3 is 5.97 Å². The van der Waals surface area contributed by atoms with E-state index in [-0.39, 0.29) is 33.2 Å². The van der Waals surface area contributed by atoms with Crippen LogP contribution in [-0.2, 0) is 10.1 Å². The predicted octanol–water partition coefficient (Wildman–Crippen LogP) is 2.59. The van der Waals surface area contributed by atoms with Crippen molar-refractivity contribution in [3.8, 4) is 0 Å². The largest absolute Gasteiger partial charge is 0.478 e. The summed E-state index contributed by atoms with van der Waals surface area (Å²) in [7, 11) is -4.61.